The molecule has 2 aromatic carbocycles. The molecule has 1 radical (unpaired) electrons. The van der Waals surface area contributed by atoms with Crippen molar-refractivity contribution in [2.24, 2.45) is 0 Å². The Morgan fingerprint density at radius 1 is 1.14 bits per heavy atom. The van der Waals surface area contributed by atoms with Crippen LogP contribution in [0.4, 0.5) is 0 Å². The van der Waals surface area contributed by atoms with Gasteiger partial charge in [-0.2, -0.15) is 0 Å². The van der Waals surface area contributed by atoms with Gasteiger partial charge in [-0.3, -0.25) is 0 Å². The average Bonchev–Trinajstić information content (AvgIpc) is 2.18. The van der Waals surface area contributed by atoms with Crippen LogP contribution >= 0.6 is 0 Å². The Morgan fingerprint density at radius 2 is 1.93 bits per heavy atom. The predicted molar refractivity (Wildman–Crippen MR) is 60.4 cm³/mol. The summed E-state index contributed by atoms with van der Waals surface area (Å²) in [6.07, 6.45) is 0. The second-order valence-electron chi connectivity index (χ2n) is 3.61. The zero-order chi connectivity index (χ0) is 9.97. The molecule has 0 fully saturated rings. The van der Waals surface area contributed by atoms with E-state index in [1.807, 2.05) is 7.05 Å². The van der Waals surface area contributed by atoms with E-state index in [0.29, 0.717) is 0 Å². The molecule has 0 aromatic heterocycles. The maximum Gasteiger partial charge on any atom is 0.0381 e. The number of hydrogen-bond acceptors (Lipinski definition) is 0. The van der Waals surface area contributed by atoms with Crippen molar-refractivity contribution in [3.63, 3.8) is 0 Å². The minimum absolute atomic E-state index is 0.811. The summed E-state index contributed by atoms with van der Waals surface area (Å²) in [6, 6.07) is 12.9. The van der Waals surface area contributed by atoms with Crippen molar-refractivity contribution in [1.29, 1.82) is 0 Å². The largest absolute Gasteiger partial charge is 0.240 e. The molecule has 0 amide bonds. The lowest BCUT2D eigenvalue weighted by Gasteiger charge is -2.05. The molecular weight excluding hydrogens is 170 g/mol. The Kier molecular flexibility index (Phi) is 2.51. The van der Waals surface area contributed by atoms with Crippen LogP contribution in [0.5, 0.6) is 0 Å². The van der Waals surface area contributed by atoms with Gasteiger partial charge in [0, 0.05) is 13.6 Å². The maximum absolute atomic E-state index is 4.15. The van der Waals surface area contributed by atoms with Crippen LogP contribution in [0.3, 0.4) is 0 Å². The Labute approximate surface area is 84.8 Å². The fraction of sp³-hybridized carbons (Fsp3) is 0.231. The SMILES string of the molecule is C[N]Cc1cc(C)c2ccccc2c1. The standard InChI is InChI=1S/C13H14N/c1-10-7-11(9-14-2)8-12-5-3-4-6-13(10)12/h3-8H,9H2,1-2H3. The Morgan fingerprint density at radius 3 is 2.71 bits per heavy atom. The molecule has 71 valence electrons. The summed E-state index contributed by atoms with van der Waals surface area (Å²) in [6.45, 7) is 2.97. The second kappa shape index (κ2) is 3.81. The minimum Gasteiger partial charge on any atom is -0.240 e. The predicted octanol–water partition coefficient (Wildman–Crippen LogP) is 2.88. The zero-order valence-electron chi connectivity index (χ0n) is 8.62. The van der Waals surface area contributed by atoms with Gasteiger partial charge in [0.1, 0.15) is 0 Å². The first-order valence-electron chi connectivity index (χ1n) is 4.85. The van der Waals surface area contributed by atoms with Crippen molar-refractivity contribution in [1.82, 2.24) is 5.32 Å². The molecule has 1 heteroatoms. The van der Waals surface area contributed by atoms with Crippen molar-refractivity contribution in [2.75, 3.05) is 7.05 Å². The molecule has 0 unspecified atom stereocenters. The van der Waals surface area contributed by atoms with E-state index in [4.69, 9.17) is 0 Å². The van der Waals surface area contributed by atoms with Gasteiger partial charge in [0.05, 0.1) is 0 Å². The number of aryl methyl sites for hydroxylation is 1. The van der Waals surface area contributed by atoms with E-state index in [2.05, 4.69) is 48.6 Å². The van der Waals surface area contributed by atoms with Crippen LogP contribution in [0.1, 0.15) is 11.1 Å². The molecule has 0 heterocycles. The summed E-state index contributed by atoms with van der Waals surface area (Å²) in [5, 5.41) is 6.81. The maximum atomic E-state index is 4.15. The van der Waals surface area contributed by atoms with Crippen LogP contribution in [0.25, 0.3) is 10.8 Å². The van der Waals surface area contributed by atoms with Crippen LogP contribution in [0, 0.1) is 6.92 Å². The molecule has 2 rings (SSSR count). The van der Waals surface area contributed by atoms with Crippen LogP contribution < -0.4 is 5.32 Å². The zero-order valence-corrected chi connectivity index (χ0v) is 8.62. The van der Waals surface area contributed by atoms with Gasteiger partial charge >= 0.3 is 0 Å². The monoisotopic (exact) mass is 184 g/mol. The van der Waals surface area contributed by atoms with Crippen molar-refractivity contribution in [3.05, 3.63) is 47.5 Å². The smallest absolute Gasteiger partial charge is 0.0381 e. The number of nitrogens with zero attached hydrogens (tertiary/aromatic N) is 1. The molecule has 0 aliphatic heterocycles. The molecular formula is C13H14N. The van der Waals surface area contributed by atoms with Gasteiger partial charge in [-0.25, -0.2) is 5.32 Å². The Bertz CT molecular complexity index is 446. The summed E-state index contributed by atoms with van der Waals surface area (Å²) < 4.78 is 0. The normalized spacial score (nSPS) is 10.7. The van der Waals surface area contributed by atoms with Crippen LogP contribution in [-0.2, 0) is 6.54 Å². The highest BCUT2D eigenvalue weighted by molar-refractivity contribution is 5.86. The third kappa shape index (κ3) is 1.64. The lowest BCUT2D eigenvalue weighted by Crippen LogP contribution is -1.97. The molecule has 0 atom stereocenters. The number of hydrogen-bond donors (Lipinski definition) is 0. The molecule has 0 spiro atoms. The minimum atomic E-state index is 0.811. The summed E-state index contributed by atoms with van der Waals surface area (Å²) in [4.78, 5) is 0. The van der Waals surface area contributed by atoms with E-state index in [1.54, 1.807) is 0 Å². The van der Waals surface area contributed by atoms with Gasteiger partial charge < -0.3 is 0 Å². The first kappa shape index (κ1) is 9.22. The first-order valence-corrected chi connectivity index (χ1v) is 4.85. The first-order chi connectivity index (χ1) is 6.81. The Hall–Kier alpha value is -1.34. The van der Waals surface area contributed by atoms with Crippen molar-refractivity contribution >= 4 is 10.8 Å². The molecule has 1 nitrogen and oxygen atoms in total. The number of fused-ring (bicyclic) bond motifs is 1. The molecule has 14 heavy (non-hydrogen) atoms. The molecule has 0 saturated carbocycles. The lowest BCUT2D eigenvalue weighted by molar-refractivity contribution is 0.800. The van der Waals surface area contributed by atoms with E-state index in [9.17, 15) is 0 Å². The molecule has 2 aromatic rings. The van der Waals surface area contributed by atoms with Gasteiger partial charge in [0.25, 0.3) is 0 Å². The molecule has 0 saturated heterocycles. The highest BCUT2D eigenvalue weighted by Gasteiger charge is 1.99. The lowest BCUT2D eigenvalue weighted by atomic mass is 10.0. The highest BCUT2D eigenvalue weighted by Crippen LogP contribution is 2.20. The van der Waals surface area contributed by atoms with Crippen LogP contribution in [0.15, 0.2) is 36.4 Å². The van der Waals surface area contributed by atoms with Crippen molar-refractivity contribution in [3.8, 4) is 0 Å². The van der Waals surface area contributed by atoms with Gasteiger partial charge in [0.2, 0.25) is 0 Å². The third-order valence-corrected chi connectivity index (χ3v) is 2.47. The highest BCUT2D eigenvalue weighted by atomic mass is 14.8. The average molecular weight is 184 g/mol. The molecule has 0 aliphatic rings. The van der Waals surface area contributed by atoms with Gasteiger partial charge in [-0.15, -0.1) is 0 Å². The fourth-order valence-electron chi connectivity index (χ4n) is 1.85. The fourth-order valence-corrected chi connectivity index (χ4v) is 1.85. The van der Waals surface area contributed by atoms with Crippen LogP contribution in [-0.4, -0.2) is 7.05 Å². The van der Waals surface area contributed by atoms with E-state index < -0.39 is 0 Å². The Balaban J connectivity index is 2.60. The number of benzene rings is 2. The van der Waals surface area contributed by atoms with Gasteiger partial charge in [0.15, 0.2) is 0 Å². The third-order valence-electron chi connectivity index (χ3n) is 2.47. The van der Waals surface area contributed by atoms with E-state index in [-0.39, 0.29) is 0 Å². The second-order valence-corrected chi connectivity index (χ2v) is 3.61. The molecule has 0 bridgehead atoms. The quantitative estimate of drug-likeness (QED) is 0.681. The molecule has 0 aliphatic carbocycles. The van der Waals surface area contributed by atoms with E-state index in [1.165, 1.54) is 21.9 Å². The van der Waals surface area contributed by atoms with E-state index >= 15 is 0 Å². The topological polar surface area (TPSA) is 14.1 Å². The van der Waals surface area contributed by atoms with Gasteiger partial charge in [-0.05, 0) is 34.9 Å². The van der Waals surface area contributed by atoms with Gasteiger partial charge in [-0.1, -0.05) is 30.3 Å². The van der Waals surface area contributed by atoms with E-state index in [0.717, 1.165) is 6.54 Å². The summed E-state index contributed by atoms with van der Waals surface area (Å²) in [7, 11) is 1.85. The number of rotatable bonds is 2. The van der Waals surface area contributed by atoms with Crippen molar-refractivity contribution < 1.29 is 0 Å². The summed E-state index contributed by atoms with van der Waals surface area (Å²) >= 11 is 0. The summed E-state index contributed by atoms with van der Waals surface area (Å²) in [5.74, 6) is 0. The van der Waals surface area contributed by atoms with Crippen molar-refractivity contribution in [2.45, 2.75) is 13.5 Å². The molecule has 0 N–H and O–H groups in total. The van der Waals surface area contributed by atoms with Crippen LogP contribution in [0.2, 0.25) is 0 Å². The summed E-state index contributed by atoms with van der Waals surface area (Å²) in [5.41, 5.74) is 2.63.